The fourth-order valence-electron chi connectivity index (χ4n) is 5.13. The Kier molecular flexibility index (Phi) is 9.16. The Morgan fingerprint density at radius 1 is 1.14 bits per heavy atom. The van der Waals surface area contributed by atoms with Gasteiger partial charge in [-0.3, -0.25) is 9.97 Å². The molecule has 7 nitrogen and oxygen atoms in total. The molecule has 1 N–H and O–H groups in total. The summed E-state index contributed by atoms with van der Waals surface area (Å²) in [6, 6.07) is 16.8. The fourth-order valence-corrected chi connectivity index (χ4v) is 5.36. The quantitative estimate of drug-likeness (QED) is 0.214. The van der Waals surface area contributed by atoms with Crippen molar-refractivity contribution < 1.29 is 27.8 Å². The van der Waals surface area contributed by atoms with Gasteiger partial charge in [-0.15, -0.1) is 0 Å². The molecule has 224 valence electrons. The van der Waals surface area contributed by atoms with Crippen molar-refractivity contribution in [3.05, 3.63) is 106 Å². The van der Waals surface area contributed by atoms with E-state index in [2.05, 4.69) is 16.0 Å². The standard InChI is InChI=1S/C33H26ClF3N4O3/c34-27-16-30(41-13-5-4-8-29(41)32(42)43)31(44-20-21-14-24(19-39-18-21)33(35,36)37)15-23(27)9-10-28-26(17-38)25(11-12-40-28)22-6-2-1-3-7-22/h1-3,6-7,9-12,14-16,18-19,29H,4-5,8,13,20H2,(H,42,43)/b10-9+/t29-/m0/s1. The van der Waals surface area contributed by atoms with E-state index < -0.39 is 23.8 Å². The summed E-state index contributed by atoms with van der Waals surface area (Å²) in [6.45, 7) is 0.186. The molecule has 11 heteroatoms. The number of nitriles is 1. The molecule has 0 saturated carbocycles. The Balaban J connectivity index is 1.53. The molecule has 0 spiro atoms. The van der Waals surface area contributed by atoms with Crippen LogP contribution >= 0.6 is 11.6 Å². The Morgan fingerprint density at radius 2 is 1.93 bits per heavy atom. The van der Waals surface area contributed by atoms with Gasteiger partial charge < -0.3 is 14.7 Å². The largest absolute Gasteiger partial charge is 0.487 e. The van der Waals surface area contributed by atoms with Crippen LogP contribution in [0.5, 0.6) is 5.75 Å². The average molecular weight is 619 g/mol. The molecular formula is C33H26ClF3N4O3. The molecule has 0 amide bonds. The molecule has 1 aliphatic rings. The van der Waals surface area contributed by atoms with Crippen molar-refractivity contribution in [3.63, 3.8) is 0 Å². The van der Waals surface area contributed by atoms with Gasteiger partial charge in [-0.1, -0.05) is 48.0 Å². The van der Waals surface area contributed by atoms with Crippen molar-refractivity contribution in [2.75, 3.05) is 11.4 Å². The van der Waals surface area contributed by atoms with Gasteiger partial charge in [0.05, 0.1) is 27.5 Å². The predicted molar refractivity (Wildman–Crippen MR) is 161 cm³/mol. The van der Waals surface area contributed by atoms with E-state index in [4.69, 9.17) is 16.3 Å². The number of carbonyl (C=O) groups is 1. The Bertz CT molecular complexity index is 1740. The van der Waals surface area contributed by atoms with Crippen molar-refractivity contribution in [2.45, 2.75) is 38.1 Å². The Hall–Kier alpha value is -4.88. The maximum Gasteiger partial charge on any atom is 0.417 e. The maximum absolute atomic E-state index is 13.3. The Morgan fingerprint density at radius 3 is 2.66 bits per heavy atom. The van der Waals surface area contributed by atoms with Gasteiger partial charge in [0.1, 0.15) is 24.5 Å². The number of hydrogen-bond donors (Lipinski definition) is 1. The summed E-state index contributed by atoms with van der Waals surface area (Å²) >= 11 is 6.70. The van der Waals surface area contributed by atoms with E-state index in [1.165, 1.54) is 6.20 Å². The molecule has 0 unspecified atom stereocenters. The summed E-state index contributed by atoms with van der Waals surface area (Å²) in [5, 5.41) is 20.1. The van der Waals surface area contributed by atoms with E-state index in [0.29, 0.717) is 41.0 Å². The number of anilines is 1. The van der Waals surface area contributed by atoms with Crippen LogP contribution in [0.3, 0.4) is 0 Å². The van der Waals surface area contributed by atoms with Crippen molar-refractivity contribution in [2.24, 2.45) is 0 Å². The molecule has 3 heterocycles. The first-order chi connectivity index (χ1) is 21.2. The highest BCUT2D eigenvalue weighted by atomic mass is 35.5. The van der Waals surface area contributed by atoms with Gasteiger partial charge in [-0.25, -0.2) is 4.79 Å². The summed E-state index contributed by atoms with van der Waals surface area (Å²) in [5.41, 5.74) is 2.53. The number of benzene rings is 2. The fraction of sp³-hybridized carbons (Fsp3) is 0.212. The lowest BCUT2D eigenvalue weighted by atomic mass is 9.99. The number of carboxylic acids is 1. The second-order valence-corrected chi connectivity index (χ2v) is 10.6. The molecule has 4 aromatic rings. The zero-order valence-corrected chi connectivity index (χ0v) is 24.0. The van der Waals surface area contributed by atoms with Gasteiger partial charge >= 0.3 is 12.1 Å². The summed E-state index contributed by atoms with van der Waals surface area (Å²) in [6.07, 6.45) is 4.28. The molecule has 1 atom stereocenters. The molecule has 0 aliphatic carbocycles. The van der Waals surface area contributed by atoms with E-state index in [1.807, 2.05) is 30.3 Å². The van der Waals surface area contributed by atoms with E-state index in [0.717, 1.165) is 30.7 Å². The second kappa shape index (κ2) is 13.2. The summed E-state index contributed by atoms with van der Waals surface area (Å²) < 4.78 is 45.8. The van der Waals surface area contributed by atoms with Crippen LogP contribution in [-0.4, -0.2) is 33.6 Å². The smallest absolute Gasteiger partial charge is 0.417 e. The van der Waals surface area contributed by atoms with Crippen molar-refractivity contribution >= 4 is 35.4 Å². The normalized spacial score (nSPS) is 15.2. The van der Waals surface area contributed by atoms with Crippen LogP contribution in [0.15, 0.2) is 73.2 Å². The first kappa shape index (κ1) is 30.6. The minimum absolute atomic E-state index is 0.187. The van der Waals surface area contributed by atoms with Gasteiger partial charge in [-0.05, 0) is 60.7 Å². The van der Waals surface area contributed by atoms with Crippen LogP contribution in [0.25, 0.3) is 23.3 Å². The molecule has 44 heavy (non-hydrogen) atoms. The molecule has 0 bridgehead atoms. The number of alkyl halides is 3. The highest BCUT2D eigenvalue weighted by Crippen LogP contribution is 2.39. The summed E-state index contributed by atoms with van der Waals surface area (Å²) in [7, 11) is 0. The second-order valence-electron chi connectivity index (χ2n) is 10.2. The van der Waals surface area contributed by atoms with Crippen LogP contribution in [0.4, 0.5) is 18.9 Å². The number of ether oxygens (including phenoxy) is 1. The lowest BCUT2D eigenvalue weighted by Crippen LogP contribution is -2.45. The zero-order chi connectivity index (χ0) is 31.3. The first-order valence-corrected chi connectivity index (χ1v) is 14.1. The SMILES string of the molecule is N#Cc1c(-c2ccccc2)ccnc1/C=C/c1cc(OCc2cncc(C(F)(F)F)c2)c(N2CCCC[C@H]2C(=O)O)cc1Cl. The predicted octanol–water partition coefficient (Wildman–Crippen LogP) is 7.88. The number of rotatable bonds is 8. The van der Waals surface area contributed by atoms with Gasteiger partial charge in [0.15, 0.2) is 0 Å². The van der Waals surface area contributed by atoms with Crippen molar-refractivity contribution in [1.29, 1.82) is 5.26 Å². The highest BCUT2D eigenvalue weighted by Gasteiger charge is 2.32. The van der Waals surface area contributed by atoms with Gasteiger partial charge in [-0.2, -0.15) is 18.4 Å². The van der Waals surface area contributed by atoms with Gasteiger partial charge in [0.25, 0.3) is 0 Å². The number of piperidine rings is 1. The van der Waals surface area contributed by atoms with Crippen LogP contribution in [0.1, 0.15) is 47.2 Å². The van der Waals surface area contributed by atoms with Crippen LogP contribution in [0, 0.1) is 11.3 Å². The number of carboxylic acid groups (broad SMARTS) is 1. The van der Waals surface area contributed by atoms with Crippen molar-refractivity contribution in [1.82, 2.24) is 9.97 Å². The van der Waals surface area contributed by atoms with Gasteiger partial charge in [0, 0.05) is 36.3 Å². The Labute approximate surface area is 256 Å². The van der Waals surface area contributed by atoms with E-state index >= 15 is 0 Å². The molecule has 1 fully saturated rings. The van der Waals surface area contributed by atoms with Crippen LogP contribution in [0.2, 0.25) is 5.02 Å². The summed E-state index contributed by atoms with van der Waals surface area (Å²) in [4.78, 5) is 21.9. The lowest BCUT2D eigenvalue weighted by molar-refractivity contribution is -0.139. The molecule has 1 aliphatic heterocycles. The molecule has 1 saturated heterocycles. The molecule has 2 aromatic carbocycles. The first-order valence-electron chi connectivity index (χ1n) is 13.7. The number of pyridine rings is 2. The van der Waals surface area contributed by atoms with Gasteiger partial charge in [0.2, 0.25) is 0 Å². The monoisotopic (exact) mass is 618 g/mol. The third kappa shape index (κ3) is 6.84. The number of nitrogens with zero attached hydrogens (tertiary/aromatic N) is 4. The van der Waals surface area contributed by atoms with Crippen LogP contribution in [-0.2, 0) is 17.6 Å². The lowest BCUT2D eigenvalue weighted by Gasteiger charge is -2.36. The average Bonchev–Trinajstić information content (AvgIpc) is 3.03. The topological polar surface area (TPSA) is 99.3 Å². The van der Waals surface area contributed by atoms with Crippen LogP contribution < -0.4 is 9.64 Å². The van der Waals surface area contributed by atoms with E-state index in [1.54, 1.807) is 41.4 Å². The molecular weight excluding hydrogens is 593 g/mol. The minimum Gasteiger partial charge on any atom is -0.487 e. The van der Waals surface area contributed by atoms with E-state index in [9.17, 15) is 28.3 Å². The number of aliphatic carboxylic acids is 1. The maximum atomic E-state index is 13.3. The number of halogens is 4. The third-order valence-corrected chi connectivity index (χ3v) is 7.62. The number of hydrogen-bond acceptors (Lipinski definition) is 6. The highest BCUT2D eigenvalue weighted by molar-refractivity contribution is 6.32. The molecule has 0 radical (unpaired) electrons. The third-order valence-electron chi connectivity index (χ3n) is 7.29. The zero-order valence-electron chi connectivity index (χ0n) is 23.3. The molecule has 2 aromatic heterocycles. The minimum atomic E-state index is -4.57. The van der Waals surface area contributed by atoms with E-state index in [-0.39, 0.29) is 22.9 Å². The van der Waals surface area contributed by atoms with Crippen molar-refractivity contribution in [3.8, 4) is 22.9 Å². The molecule has 5 rings (SSSR count). The summed E-state index contributed by atoms with van der Waals surface area (Å²) in [5.74, 6) is -0.752. The number of aromatic nitrogens is 2.